The maximum absolute atomic E-state index is 8.99. The average Bonchev–Trinajstić information content (AvgIpc) is 2.84. The number of aromatic nitrogens is 4. The van der Waals surface area contributed by atoms with Crippen molar-refractivity contribution in [3.8, 4) is 6.07 Å². The number of imidazole rings is 1. The van der Waals surface area contributed by atoms with Crippen LogP contribution in [0.4, 0.5) is 5.82 Å². The standard InChI is InChI=1S/C13H16N6/c1-11-15-6-9-19(11)8-3-7-18(2)13-12(10-14)16-4-5-17-13/h4-6,9H,3,7-8H2,1-2H3. The molecule has 2 aromatic rings. The van der Waals surface area contributed by atoms with Crippen LogP contribution in [0.1, 0.15) is 17.9 Å². The molecule has 0 bridgehead atoms. The van der Waals surface area contributed by atoms with Gasteiger partial charge in [0.1, 0.15) is 11.9 Å². The van der Waals surface area contributed by atoms with Crippen molar-refractivity contribution in [2.75, 3.05) is 18.5 Å². The highest BCUT2D eigenvalue weighted by Crippen LogP contribution is 2.12. The normalized spacial score (nSPS) is 10.2. The number of nitrogens with zero attached hydrogens (tertiary/aromatic N) is 6. The van der Waals surface area contributed by atoms with E-state index in [9.17, 15) is 0 Å². The van der Waals surface area contributed by atoms with Crippen molar-refractivity contribution in [3.05, 3.63) is 36.3 Å². The van der Waals surface area contributed by atoms with Gasteiger partial charge in [-0.25, -0.2) is 15.0 Å². The Kier molecular flexibility index (Phi) is 4.08. The summed E-state index contributed by atoms with van der Waals surface area (Å²) in [5, 5.41) is 8.99. The highest BCUT2D eigenvalue weighted by molar-refractivity contribution is 5.48. The van der Waals surface area contributed by atoms with E-state index in [0.717, 1.165) is 25.3 Å². The molecule has 6 heteroatoms. The van der Waals surface area contributed by atoms with Crippen molar-refractivity contribution in [2.45, 2.75) is 19.9 Å². The van der Waals surface area contributed by atoms with E-state index in [1.165, 1.54) is 6.20 Å². The fraction of sp³-hybridized carbons (Fsp3) is 0.385. The first-order valence-corrected chi connectivity index (χ1v) is 6.12. The van der Waals surface area contributed by atoms with Gasteiger partial charge in [-0.15, -0.1) is 0 Å². The molecule has 0 aliphatic carbocycles. The Labute approximate surface area is 112 Å². The molecule has 0 N–H and O–H groups in total. The zero-order chi connectivity index (χ0) is 13.7. The van der Waals surface area contributed by atoms with Gasteiger partial charge >= 0.3 is 0 Å². The van der Waals surface area contributed by atoms with Crippen molar-refractivity contribution in [1.29, 1.82) is 5.26 Å². The van der Waals surface area contributed by atoms with E-state index in [-0.39, 0.29) is 0 Å². The molecule has 0 spiro atoms. The first-order chi connectivity index (χ1) is 9.22. The molecule has 0 aliphatic heterocycles. The van der Waals surface area contributed by atoms with Gasteiger partial charge in [-0.2, -0.15) is 5.26 Å². The summed E-state index contributed by atoms with van der Waals surface area (Å²) >= 11 is 0. The second-order valence-electron chi connectivity index (χ2n) is 4.28. The van der Waals surface area contributed by atoms with Gasteiger partial charge < -0.3 is 9.47 Å². The lowest BCUT2D eigenvalue weighted by Gasteiger charge is -2.18. The molecule has 0 atom stereocenters. The van der Waals surface area contributed by atoms with E-state index in [1.807, 2.05) is 25.1 Å². The summed E-state index contributed by atoms with van der Waals surface area (Å²) in [6.45, 7) is 3.70. The van der Waals surface area contributed by atoms with Crippen LogP contribution in [0.3, 0.4) is 0 Å². The SMILES string of the molecule is Cc1nccn1CCCN(C)c1nccnc1C#N. The number of nitriles is 1. The van der Waals surface area contributed by atoms with Gasteiger partial charge in [-0.3, -0.25) is 0 Å². The Morgan fingerprint density at radius 3 is 2.74 bits per heavy atom. The molecule has 0 fully saturated rings. The number of rotatable bonds is 5. The smallest absolute Gasteiger partial charge is 0.183 e. The summed E-state index contributed by atoms with van der Waals surface area (Å²) in [4.78, 5) is 14.4. The van der Waals surface area contributed by atoms with E-state index in [2.05, 4.69) is 25.6 Å². The van der Waals surface area contributed by atoms with Crippen LogP contribution >= 0.6 is 0 Å². The molecular formula is C13H16N6. The van der Waals surface area contributed by atoms with Gasteiger partial charge in [-0.05, 0) is 13.3 Å². The molecule has 0 saturated carbocycles. The molecule has 0 unspecified atom stereocenters. The monoisotopic (exact) mass is 256 g/mol. The Bertz CT molecular complexity index is 583. The fourth-order valence-electron chi connectivity index (χ4n) is 1.91. The van der Waals surface area contributed by atoms with Crippen LogP contribution in [0.5, 0.6) is 0 Å². The van der Waals surface area contributed by atoms with Crippen molar-refractivity contribution in [2.24, 2.45) is 0 Å². The number of hydrogen-bond donors (Lipinski definition) is 0. The van der Waals surface area contributed by atoms with Crippen LogP contribution in [0, 0.1) is 18.3 Å². The van der Waals surface area contributed by atoms with Gasteiger partial charge in [0.05, 0.1) is 0 Å². The quantitative estimate of drug-likeness (QED) is 0.808. The van der Waals surface area contributed by atoms with Crippen LogP contribution in [0.15, 0.2) is 24.8 Å². The minimum atomic E-state index is 0.365. The summed E-state index contributed by atoms with van der Waals surface area (Å²) in [6.07, 6.45) is 7.86. The van der Waals surface area contributed by atoms with Crippen LogP contribution in [-0.2, 0) is 6.54 Å². The molecule has 0 aromatic carbocycles. The second-order valence-corrected chi connectivity index (χ2v) is 4.28. The summed E-state index contributed by atoms with van der Waals surface area (Å²) in [5.74, 6) is 1.65. The van der Waals surface area contributed by atoms with Crippen LogP contribution in [0.2, 0.25) is 0 Å². The molecule has 0 amide bonds. The van der Waals surface area contributed by atoms with E-state index in [0.29, 0.717) is 11.5 Å². The number of aryl methyl sites for hydroxylation is 2. The van der Waals surface area contributed by atoms with Crippen molar-refractivity contribution >= 4 is 5.82 Å². The van der Waals surface area contributed by atoms with Crippen LogP contribution in [0.25, 0.3) is 0 Å². The van der Waals surface area contributed by atoms with E-state index in [1.54, 1.807) is 12.4 Å². The Hall–Kier alpha value is -2.42. The van der Waals surface area contributed by atoms with E-state index in [4.69, 9.17) is 5.26 Å². The number of hydrogen-bond acceptors (Lipinski definition) is 5. The third-order valence-corrected chi connectivity index (χ3v) is 2.96. The van der Waals surface area contributed by atoms with Crippen LogP contribution < -0.4 is 4.90 Å². The molecule has 2 rings (SSSR count). The molecule has 0 saturated heterocycles. The predicted octanol–water partition coefficient (Wildman–Crippen LogP) is 1.38. The number of anilines is 1. The first-order valence-electron chi connectivity index (χ1n) is 6.12. The van der Waals surface area contributed by atoms with Crippen molar-refractivity contribution < 1.29 is 0 Å². The van der Waals surface area contributed by atoms with Crippen molar-refractivity contribution in [1.82, 2.24) is 19.5 Å². The molecule has 2 aromatic heterocycles. The molecule has 19 heavy (non-hydrogen) atoms. The van der Waals surface area contributed by atoms with Gasteiger partial charge in [0.15, 0.2) is 11.5 Å². The van der Waals surface area contributed by atoms with Crippen LogP contribution in [-0.4, -0.2) is 33.1 Å². The third-order valence-electron chi connectivity index (χ3n) is 2.96. The maximum atomic E-state index is 8.99. The minimum absolute atomic E-state index is 0.365. The van der Waals surface area contributed by atoms with Crippen molar-refractivity contribution in [3.63, 3.8) is 0 Å². The zero-order valence-electron chi connectivity index (χ0n) is 11.1. The predicted molar refractivity (Wildman–Crippen MR) is 71.6 cm³/mol. The lowest BCUT2D eigenvalue weighted by Crippen LogP contribution is -2.22. The fourth-order valence-corrected chi connectivity index (χ4v) is 1.91. The van der Waals surface area contributed by atoms with Gasteiger partial charge in [0.2, 0.25) is 0 Å². The maximum Gasteiger partial charge on any atom is 0.183 e. The molecule has 2 heterocycles. The van der Waals surface area contributed by atoms with Gasteiger partial charge in [-0.1, -0.05) is 0 Å². The highest BCUT2D eigenvalue weighted by atomic mass is 15.2. The molecule has 0 radical (unpaired) electrons. The molecular weight excluding hydrogens is 240 g/mol. The minimum Gasteiger partial charge on any atom is -0.357 e. The Balaban J connectivity index is 1.93. The molecule has 98 valence electrons. The summed E-state index contributed by atoms with van der Waals surface area (Å²) in [5.41, 5.74) is 0.365. The summed E-state index contributed by atoms with van der Waals surface area (Å²) < 4.78 is 2.11. The van der Waals surface area contributed by atoms with Gasteiger partial charge in [0, 0.05) is 44.9 Å². The summed E-state index contributed by atoms with van der Waals surface area (Å²) in [7, 11) is 1.92. The molecule has 6 nitrogen and oxygen atoms in total. The van der Waals surface area contributed by atoms with E-state index >= 15 is 0 Å². The first kappa shape index (κ1) is 13.0. The third kappa shape index (κ3) is 3.07. The summed E-state index contributed by atoms with van der Waals surface area (Å²) in [6, 6.07) is 2.06. The molecule has 0 aliphatic rings. The van der Waals surface area contributed by atoms with Gasteiger partial charge in [0.25, 0.3) is 0 Å². The highest BCUT2D eigenvalue weighted by Gasteiger charge is 2.09. The second kappa shape index (κ2) is 5.96. The Morgan fingerprint density at radius 1 is 1.26 bits per heavy atom. The largest absolute Gasteiger partial charge is 0.357 e. The zero-order valence-corrected chi connectivity index (χ0v) is 11.1. The Morgan fingerprint density at radius 2 is 2.05 bits per heavy atom. The van der Waals surface area contributed by atoms with E-state index < -0.39 is 0 Å². The topological polar surface area (TPSA) is 70.6 Å². The lowest BCUT2D eigenvalue weighted by atomic mass is 10.3. The lowest BCUT2D eigenvalue weighted by molar-refractivity contribution is 0.620. The average molecular weight is 256 g/mol.